The average molecular weight is 263 g/mol. The van der Waals surface area contributed by atoms with Crippen LogP contribution in [0.25, 0.3) is 0 Å². The first-order valence-corrected chi connectivity index (χ1v) is 6.85. The van der Waals surface area contributed by atoms with Crippen LogP contribution in [0.2, 0.25) is 0 Å². The van der Waals surface area contributed by atoms with E-state index in [1.165, 1.54) is 6.20 Å². The number of hydrogen-bond acceptors (Lipinski definition) is 4. The predicted octanol–water partition coefficient (Wildman–Crippen LogP) is 1.55. The molecule has 2 atom stereocenters. The number of hydrogen-bond donors (Lipinski definition) is 1. The maximum atomic E-state index is 12.4. The molecular formula is C14H21N3O2. The van der Waals surface area contributed by atoms with Crippen molar-refractivity contribution in [2.24, 2.45) is 0 Å². The molecule has 5 heteroatoms. The molecule has 19 heavy (non-hydrogen) atoms. The van der Waals surface area contributed by atoms with Crippen molar-refractivity contribution in [1.82, 2.24) is 14.9 Å². The number of rotatable bonds is 3. The number of likely N-dealkylation sites (tertiary alicyclic amines) is 1. The number of piperidine rings is 1. The van der Waals surface area contributed by atoms with Crippen LogP contribution in [0, 0.1) is 6.92 Å². The van der Waals surface area contributed by atoms with Crippen molar-refractivity contribution in [2.75, 3.05) is 6.54 Å². The molecule has 1 amide bonds. The number of amides is 1. The molecular weight excluding hydrogens is 242 g/mol. The third kappa shape index (κ3) is 3.50. The largest absolute Gasteiger partial charge is 0.393 e. The number of aromatic nitrogens is 2. The molecule has 0 spiro atoms. The molecule has 1 aromatic rings. The first kappa shape index (κ1) is 13.9. The monoisotopic (exact) mass is 263 g/mol. The van der Waals surface area contributed by atoms with Crippen molar-refractivity contribution < 1.29 is 9.90 Å². The van der Waals surface area contributed by atoms with Gasteiger partial charge in [0.05, 0.1) is 18.0 Å². The van der Waals surface area contributed by atoms with E-state index >= 15 is 0 Å². The van der Waals surface area contributed by atoms with Crippen LogP contribution in [0.3, 0.4) is 0 Å². The Balaban J connectivity index is 2.12. The Morgan fingerprint density at radius 2 is 2.26 bits per heavy atom. The van der Waals surface area contributed by atoms with E-state index in [0.29, 0.717) is 12.1 Å². The SMILES string of the molecule is Cc1cnc(C(=O)N2CCCCC2CC(C)O)cn1. The highest BCUT2D eigenvalue weighted by atomic mass is 16.3. The number of carbonyl (C=O) groups excluding carboxylic acids is 1. The Labute approximate surface area is 113 Å². The van der Waals surface area contributed by atoms with E-state index in [1.54, 1.807) is 13.1 Å². The molecule has 0 aromatic carbocycles. The Morgan fingerprint density at radius 3 is 2.89 bits per heavy atom. The van der Waals surface area contributed by atoms with Crippen molar-refractivity contribution in [3.8, 4) is 0 Å². The summed E-state index contributed by atoms with van der Waals surface area (Å²) in [6, 6.07) is 0.115. The molecule has 1 aliphatic heterocycles. The van der Waals surface area contributed by atoms with E-state index in [1.807, 2.05) is 11.8 Å². The zero-order chi connectivity index (χ0) is 13.8. The number of aliphatic hydroxyl groups is 1. The molecule has 1 aromatic heterocycles. The molecule has 1 aliphatic rings. The van der Waals surface area contributed by atoms with Gasteiger partial charge in [-0.3, -0.25) is 9.78 Å². The highest BCUT2D eigenvalue weighted by Crippen LogP contribution is 2.22. The highest BCUT2D eigenvalue weighted by Gasteiger charge is 2.28. The van der Waals surface area contributed by atoms with Gasteiger partial charge in [0.15, 0.2) is 0 Å². The fourth-order valence-electron chi connectivity index (χ4n) is 2.56. The van der Waals surface area contributed by atoms with E-state index in [2.05, 4.69) is 9.97 Å². The van der Waals surface area contributed by atoms with Gasteiger partial charge >= 0.3 is 0 Å². The van der Waals surface area contributed by atoms with Crippen molar-refractivity contribution in [1.29, 1.82) is 0 Å². The van der Waals surface area contributed by atoms with Crippen molar-refractivity contribution >= 4 is 5.91 Å². The summed E-state index contributed by atoms with van der Waals surface area (Å²) in [4.78, 5) is 22.6. The lowest BCUT2D eigenvalue weighted by Gasteiger charge is -2.36. The van der Waals surface area contributed by atoms with Crippen molar-refractivity contribution in [3.63, 3.8) is 0 Å². The molecule has 1 N–H and O–H groups in total. The number of carbonyl (C=O) groups is 1. The van der Waals surface area contributed by atoms with E-state index in [9.17, 15) is 9.90 Å². The van der Waals surface area contributed by atoms with Gasteiger partial charge in [-0.15, -0.1) is 0 Å². The van der Waals surface area contributed by atoms with Crippen molar-refractivity contribution in [3.05, 3.63) is 23.8 Å². The van der Waals surface area contributed by atoms with Gasteiger partial charge in [-0.25, -0.2) is 4.98 Å². The minimum atomic E-state index is -0.387. The van der Waals surface area contributed by atoms with Crippen LogP contribution in [0.15, 0.2) is 12.4 Å². The zero-order valence-electron chi connectivity index (χ0n) is 11.5. The van der Waals surface area contributed by atoms with Gasteiger partial charge in [-0.2, -0.15) is 0 Å². The van der Waals surface area contributed by atoms with Gasteiger partial charge in [0.2, 0.25) is 0 Å². The van der Waals surface area contributed by atoms with Crippen LogP contribution in [0.1, 0.15) is 48.8 Å². The maximum Gasteiger partial charge on any atom is 0.274 e. The Morgan fingerprint density at radius 1 is 1.47 bits per heavy atom. The minimum absolute atomic E-state index is 0.0714. The summed E-state index contributed by atoms with van der Waals surface area (Å²) >= 11 is 0. The van der Waals surface area contributed by atoms with Crippen molar-refractivity contribution in [2.45, 2.75) is 51.7 Å². The molecule has 0 bridgehead atoms. The van der Waals surface area contributed by atoms with Gasteiger partial charge in [0, 0.05) is 18.8 Å². The highest BCUT2D eigenvalue weighted by molar-refractivity contribution is 5.92. The Kier molecular flexibility index (Phi) is 4.47. The van der Waals surface area contributed by atoms with Gasteiger partial charge in [0.1, 0.15) is 5.69 Å². The van der Waals surface area contributed by atoms with Gasteiger partial charge in [-0.05, 0) is 39.5 Å². The standard InChI is InChI=1S/C14H21N3O2/c1-10-8-16-13(9-15-10)14(19)17-6-4-3-5-12(17)7-11(2)18/h8-9,11-12,18H,3-7H2,1-2H3. The van der Waals surface area contributed by atoms with E-state index in [0.717, 1.165) is 31.5 Å². The normalized spacial score (nSPS) is 21.2. The smallest absolute Gasteiger partial charge is 0.274 e. The second-order valence-corrected chi connectivity index (χ2v) is 5.28. The van der Waals surface area contributed by atoms with E-state index in [-0.39, 0.29) is 18.1 Å². The molecule has 2 heterocycles. The lowest BCUT2D eigenvalue weighted by Crippen LogP contribution is -2.45. The van der Waals surface area contributed by atoms with Crippen LogP contribution in [-0.2, 0) is 0 Å². The molecule has 1 fully saturated rings. The molecule has 1 saturated heterocycles. The molecule has 2 unspecified atom stereocenters. The lowest BCUT2D eigenvalue weighted by molar-refractivity contribution is 0.0509. The molecule has 2 rings (SSSR count). The van der Waals surface area contributed by atoms with E-state index < -0.39 is 0 Å². The maximum absolute atomic E-state index is 12.4. The van der Waals surface area contributed by atoms with Crippen LogP contribution >= 0.6 is 0 Å². The van der Waals surface area contributed by atoms with Crippen LogP contribution in [-0.4, -0.2) is 44.6 Å². The summed E-state index contributed by atoms with van der Waals surface area (Å²) in [5.74, 6) is -0.0714. The molecule has 104 valence electrons. The lowest BCUT2D eigenvalue weighted by atomic mass is 9.97. The molecule has 0 aliphatic carbocycles. The van der Waals surface area contributed by atoms with Gasteiger partial charge in [-0.1, -0.05) is 0 Å². The first-order chi connectivity index (χ1) is 9.08. The topological polar surface area (TPSA) is 66.3 Å². The van der Waals surface area contributed by atoms with Crippen LogP contribution in [0.5, 0.6) is 0 Å². The summed E-state index contributed by atoms with van der Waals surface area (Å²) in [6.45, 7) is 4.35. The summed E-state index contributed by atoms with van der Waals surface area (Å²) in [5.41, 5.74) is 1.19. The zero-order valence-corrected chi connectivity index (χ0v) is 11.5. The number of aryl methyl sites for hydroxylation is 1. The summed E-state index contributed by atoms with van der Waals surface area (Å²) < 4.78 is 0. The second kappa shape index (κ2) is 6.10. The van der Waals surface area contributed by atoms with Gasteiger partial charge in [0.25, 0.3) is 5.91 Å². The molecule has 5 nitrogen and oxygen atoms in total. The minimum Gasteiger partial charge on any atom is -0.393 e. The Hall–Kier alpha value is -1.49. The average Bonchev–Trinajstić information content (AvgIpc) is 2.39. The van der Waals surface area contributed by atoms with Crippen LogP contribution in [0.4, 0.5) is 0 Å². The fourth-order valence-corrected chi connectivity index (χ4v) is 2.56. The quantitative estimate of drug-likeness (QED) is 0.898. The number of nitrogens with zero attached hydrogens (tertiary/aromatic N) is 3. The molecule has 0 saturated carbocycles. The number of aliphatic hydroxyl groups excluding tert-OH is 1. The van der Waals surface area contributed by atoms with Crippen LogP contribution < -0.4 is 0 Å². The Bertz CT molecular complexity index is 431. The first-order valence-electron chi connectivity index (χ1n) is 6.85. The third-order valence-corrected chi connectivity index (χ3v) is 3.50. The van der Waals surface area contributed by atoms with Gasteiger partial charge < -0.3 is 10.0 Å². The summed E-state index contributed by atoms with van der Waals surface area (Å²) in [6.07, 6.45) is 6.47. The summed E-state index contributed by atoms with van der Waals surface area (Å²) in [7, 11) is 0. The fraction of sp³-hybridized carbons (Fsp3) is 0.643. The third-order valence-electron chi connectivity index (χ3n) is 3.50. The molecule has 0 radical (unpaired) electrons. The second-order valence-electron chi connectivity index (χ2n) is 5.28. The predicted molar refractivity (Wildman–Crippen MR) is 71.7 cm³/mol. The van der Waals surface area contributed by atoms with E-state index in [4.69, 9.17) is 0 Å². The summed E-state index contributed by atoms with van der Waals surface area (Å²) in [5, 5.41) is 9.55.